The average Bonchev–Trinajstić information content (AvgIpc) is 2.42. The standard InChI is InChI=1S/C14H22N2O4S/c1-12(17)13-4-6-14(7-5-13)21(18,19)15-8-10-20-11-9-16(2)3/h4-7,15H,8-11H2,1-3H3. The molecule has 1 rings (SSSR count). The quantitative estimate of drug-likeness (QED) is 0.537. The van der Waals surface area contributed by atoms with Gasteiger partial charge in [0, 0.05) is 18.7 Å². The number of nitrogens with one attached hydrogen (secondary N) is 1. The molecule has 0 saturated heterocycles. The zero-order valence-corrected chi connectivity index (χ0v) is 13.4. The minimum Gasteiger partial charge on any atom is -0.379 e. The summed E-state index contributed by atoms with van der Waals surface area (Å²) in [7, 11) is 0.325. The first-order valence-corrected chi connectivity index (χ1v) is 8.14. The van der Waals surface area contributed by atoms with E-state index in [2.05, 4.69) is 4.72 Å². The van der Waals surface area contributed by atoms with Gasteiger partial charge in [-0.15, -0.1) is 0 Å². The zero-order chi connectivity index (χ0) is 15.9. The molecule has 0 unspecified atom stereocenters. The van der Waals surface area contributed by atoms with E-state index in [1.165, 1.54) is 31.2 Å². The second kappa shape index (κ2) is 8.23. The van der Waals surface area contributed by atoms with E-state index in [0.717, 1.165) is 6.54 Å². The SMILES string of the molecule is CC(=O)c1ccc(S(=O)(=O)NCCOCCN(C)C)cc1. The molecular weight excluding hydrogens is 292 g/mol. The topological polar surface area (TPSA) is 75.7 Å². The number of Topliss-reactive ketones (excluding diaryl/α,β-unsaturated/α-hetero) is 1. The number of sulfonamides is 1. The van der Waals surface area contributed by atoms with Gasteiger partial charge in [0.25, 0.3) is 0 Å². The molecule has 0 amide bonds. The Bertz CT molecular complexity index is 553. The number of likely N-dealkylation sites (N-methyl/N-ethyl adjacent to an activating group) is 1. The normalized spacial score (nSPS) is 11.8. The molecule has 21 heavy (non-hydrogen) atoms. The summed E-state index contributed by atoms with van der Waals surface area (Å²) >= 11 is 0. The lowest BCUT2D eigenvalue weighted by atomic mass is 10.2. The van der Waals surface area contributed by atoms with E-state index in [4.69, 9.17) is 4.74 Å². The number of hydrogen-bond acceptors (Lipinski definition) is 5. The Balaban J connectivity index is 2.44. The van der Waals surface area contributed by atoms with Gasteiger partial charge >= 0.3 is 0 Å². The van der Waals surface area contributed by atoms with Crippen molar-refractivity contribution in [3.05, 3.63) is 29.8 Å². The van der Waals surface area contributed by atoms with E-state index in [0.29, 0.717) is 18.8 Å². The second-order valence-corrected chi connectivity index (χ2v) is 6.66. The van der Waals surface area contributed by atoms with Crippen LogP contribution < -0.4 is 4.72 Å². The van der Waals surface area contributed by atoms with Crippen LogP contribution in [0, 0.1) is 0 Å². The summed E-state index contributed by atoms with van der Waals surface area (Å²) in [5.41, 5.74) is 0.487. The highest BCUT2D eigenvalue weighted by atomic mass is 32.2. The Morgan fingerprint density at radius 3 is 2.33 bits per heavy atom. The Hall–Kier alpha value is -1.28. The number of ketones is 1. The molecule has 0 heterocycles. The van der Waals surface area contributed by atoms with Crippen LogP contribution in [-0.2, 0) is 14.8 Å². The Morgan fingerprint density at radius 2 is 1.81 bits per heavy atom. The van der Waals surface area contributed by atoms with Gasteiger partial charge in [0.05, 0.1) is 18.1 Å². The zero-order valence-electron chi connectivity index (χ0n) is 12.6. The van der Waals surface area contributed by atoms with Crippen LogP contribution in [0.5, 0.6) is 0 Å². The maximum atomic E-state index is 12.0. The predicted octanol–water partition coefficient (Wildman–Crippen LogP) is 0.746. The summed E-state index contributed by atoms with van der Waals surface area (Å²) in [6, 6.07) is 5.85. The molecule has 0 atom stereocenters. The van der Waals surface area contributed by atoms with Gasteiger partial charge in [-0.05, 0) is 33.2 Å². The maximum Gasteiger partial charge on any atom is 0.240 e. The van der Waals surface area contributed by atoms with Crippen LogP contribution in [0.15, 0.2) is 29.2 Å². The molecule has 0 aliphatic carbocycles. The van der Waals surface area contributed by atoms with Crippen molar-refractivity contribution in [1.29, 1.82) is 0 Å². The van der Waals surface area contributed by atoms with Gasteiger partial charge in [-0.1, -0.05) is 12.1 Å². The van der Waals surface area contributed by atoms with Gasteiger partial charge < -0.3 is 9.64 Å². The van der Waals surface area contributed by atoms with Crippen molar-refractivity contribution in [3.8, 4) is 0 Å². The van der Waals surface area contributed by atoms with E-state index in [-0.39, 0.29) is 17.2 Å². The number of benzene rings is 1. The van der Waals surface area contributed by atoms with Crippen molar-refractivity contribution in [2.24, 2.45) is 0 Å². The first-order valence-electron chi connectivity index (χ1n) is 6.66. The summed E-state index contributed by atoms with van der Waals surface area (Å²) in [5, 5.41) is 0. The van der Waals surface area contributed by atoms with Crippen LogP contribution in [0.2, 0.25) is 0 Å². The molecule has 1 aromatic rings. The van der Waals surface area contributed by atoms with Crippen molar-refractivity contribution in [2.75, 3.05) is 40.4 Å². The smallest absolute Gasteiger partial charge is 0.240 e. The van der Waals surface area contributed by atoms with Crippen molar-refractivity contribution < 1.29 is 17.9 Å². The number of carbonyl (C=O) groups excluding carboxylic acids is 1. The molecular formula is C14H22N2O4S. The molecule has 1 N–H and O–H groups in total. The molecule has 0 spiro atoms. The first kappa shape index (κ1) is 17.8. The summed E-state index contributed by atoms with van der Waals surface area (Å²) in [4.78, 5) is 13.3. The molecule has 0 aliphatic rings. The average molecular weight is 314 g/mol. The van der Waals surface area contributed by atoms with Crippen molar-refractivity contribution >= 4 is 15.8 Å². The summed E-state index contributed by atoms with van der Waals surface area (Å²) in [5.74, 6) is -0.0961. The fourth-order valence-corrected chi connectivity index (χ4v) is 2.56. The number of hydrogen-bond donors (Lipinski definition) is 1. The molecule has 0 fully saturated rings. The highest BCUT2D eigenvalue weighted by molar-refractivity contribution is 7.89. The van der Waals surface area contributed by atoms with Crippen molar-refractivity contribution in [2.45, 2.75) is 11.8 Å². The van der Waals surface area contributed by atoms with Crippen molar-refractivity contribution in [3.63, 3.8) is 0 Å². The van der Waals surface area contributed by atoms with Gasteiger partial charge in [0.15, 0.2) is 5.78 Å². The van der Waals surface area contributed by atoms with Crippen LogP contribution >= 0.6 is 0 Å². The molecule has 1 aromatic carbocycles. The van der Waals surface area contributed by atoms with E-state index < -0.39 is 10.0 Å². The molecule has 0 radical (unpaired) electrons. The summed E-state index contributed by atoms with van der Waals surface area (Å²) in [6.07, 6.45) is 0. The van der Waals surface area contributed by atoms with Gasteiger partial charge in [-0.2, -0.15) is 0 Å². The third kappa shape index (κ3) is 6.34. The lowest BCUT2D eigenvalue weighted by molar-refractivity contribution is 0.101. The van der Waals surface area contributed by atoms with Gasteiger partial charge in [-0.25, -0.2) is 13.1 Å². The Labute approximate surface area is 126 Å². The van der Waals surface area contributed by atoms with E-state index in [1.54, 1.807) is 0 Å². The number of ether oxygens (including phenoxy) is 1. The Morgan fingerprint density at radius 1 is 1.19 bits per heavy atom. The van der Waals surface area contributed by atoms with Crippen LogP contribution in [0.1, 0.15) is 17.3 Å². The molecule has 7 heteroatoms. The van der Waals surface area contributed by atoms with Crippen LogP contribution in [0.25, 0.3) is 0 Å². The predicted molar refractivity (Wildman–Crippen MR) is 81.0 cm³/mol. The third-order valence-corrected chi connectivity index (χ3v) is 4.27. The molecule has 0 aromatic heterocycles. The fourth-order valence-electron chi connectivity index (χ4n) is 1.55. The van der Waals surface area contributed by atoms with Crippen LogP contribution in [0.3, 0.4) is 0 Å². The number of rotatable bonds is 9. The largest absolute Gasteiger partial charge is 0.379 e. The van der Waals surface area contributed by atoms with Crippen LogP contribution in [-0.4, -0.2) is 59.5 Å². The van der Waals surface area contributed by atoms with Crippen molar-refractivity contribution in [1.82, 2.24) is 9.62 Å². The minimum atomic E-state index is -3.56. The lowest BCUT2D eigenvalue weighted by Gasteiger charge is -2.10. The van der Waals surface area contributed by atoms with Gasteiger partial charge in [0.1, 0.15) is 0 Å². The van der Waals surface area contributed by atoms with Crippen LogP contribution in [0.4, 0.5) is 0 Å². The van der Waals surface area contributed by atoms with E-state index >= 15 is 0 Å². The highest BCUT2D eigenvalue weighted by Gasteiger charge is 2.13. The second-order valence-electron chi connectivity index (χ2n) is 4.89. The van der Waals surface area contributed by atoms with Gasteiger partial charge in [-0.3, -0.25) is 4.79 Å². The Kier molecular flexibility index (Phi) is 6.97. The molecule has 0 saturated carbocycles. The first-order chi connectivity index (χ1) is 9.83. The third-order valence-electron chi connectivity index (χ3n) is 2.79. The molecule has 118 valence electrons. The number of nitrogens with zero attached hydrogens (tertiary/aromatic N) is 1. The van der Waals surface area contributed by atoms with E-state index in [9.17, 15) is 13.2 Å². The fraction of sp³-hybridized carbons (Fsp3) is 0.500. The minimum absolute atomic E-state index is 0.0961. The molecule has 0 aliphatic heterocycles. The number of carbonyl (C=O) groups is 1. The lowest BCUT2D eigenvalue weighted by Crippen LogP contribution is -2.28. The maximum absolute atomic E-state index is 12.0. The molecule has 6 nitrogen and oxygen atoms in total. The summed E-state index contributed by atoms with van der Waals surface area (Å²) < 4.78 is 31.8. The molecule has 0 bridgehead atoms. The highest BCUT2D eigenvalue weighted by Crippen LogP contribution is 2.10. The van der Waals surface area contributed by atoms with E-state index in [1.807, 2.05) is 19.0 Å². The monoisotopic (exact) mass is 314 g/mol. The van der Waals surface area contributed by atoms with Gasteiger partial charge in [0.2, 0.25) is 10.0 Å². The summed E-state index contributed by atoms with van der Waals surface area (Å²) in [6.45, 7) is 3.32.